The van der Waals surface area contributed by atoms with Crippen molar-refractivity contribution in [3.63, 3.8) is 0 Å². The van der Waals surface area contributed by atoms with Gasteiger partial charge in [-0.3, -0.25) is 9.59 Å². The van der Waals surface area contributed by atoms with Crippen LogP contribution in [0, 0.1) is 0 Å². The molecule has 1 aliphatic heterocycles. The largest absolute Gasteiger partial charge is 0.368 e. The van der Waals surface area contributed by atoms with Gasteiger partial charge in [0.05, 0.1) is 11.4 Å². The summed E-state index contributed by atoms with van der Waals surface area (Å²) in [5.41, 5.74) is 1.15. The van der Waals surface area contributed by atoms with Gasteiger partial charge in [-0.25, -0.2) is 4.98 Å². The lowest BCUT2D eigenvalue weighted by atomic mass is 10.2. The predicted molar refractivity (Wildman–Crippen MR) is 88.4 cm³/mol. The molecule has 1 aliphatic rings. The quantitative estimate of drug-likeness (QED) is 0.894. The van der Waals surface area contributed by atoms with Crippen LogP contribution in [0.15, 0.2) is 42.0 Å². The highest BCUT2D eigenvalue weighted by Crippen LogP contribution is 2.14. The van der Waals surface area contributed by atoms with Crippen LogP contribution in [0.5, 0.6) is 0 Å². The lowest BCUT2D eigenvalue weighted by molar-refractivity contribution is -0.377. The molecule has 1 saturated heterocycles. The Kier molecular flexibility index (Phi) is 4.87. The van der Waals surface area contributed by atoms with Crippen molar-refractivity contribution < 1.29 is 14.6 Å². The van der Waals surface area contributed by atoms with Crippen molar-refractivity contribution in [2.24, 2.45) is 0 Å². The van der Waals surface area contributed by atoms with E-state index in [1.807, 2.05) is 36.0 Å². The molecule has 2 aromatic rings. The van der Waals surface area contributed by atoms with Crippen LogP contribution in [0.4, 0.5) is 5.69 Å². The Balaban J connectivity index is 1.46. The van der Waals surface area contributed by atoms with Crippen molar-refractivity contribution >= 4 is 28.8 Å². The number of rotatable bonds is 4. The van der Waals surface area contributed by atoms with E-state index >= 15 is 0 Å². The van der Waals surface area contributed by atoms with Gasteiger partial charge in [0.1, 0.15) is 0 Å². The Morgan fingerprint density at radius 2 is 1.87 bits per heavy atom. The average molecular weight is 331 g/mol. The fraction of sp³-hybridized carbons (Fsp3) is 0.312. The van der Waals surface area contributed by atoms with Crippen molar-refractivity contribution in [3.05, 3.63) is 46.9 Å². The highest BCUT2D eigenvalue weighted by molar-refractivity contribution is 7.12. The van der Waals surface area contributed by atoms with Crippen molar-refractivity contribution in [2.75, 3.05) is 37.6 Å². The van der Waals surface area contributed by atoms with Crippen LogP contribution in [0.25, 0.3) is 0 Å². The Labute approximate surface area is 138 Å². The molecule has 3 rings (SSSR count). The van der Waals surface area contributed by atoms with Crippen molar-refractivity contribution in [1.82, 2.24) is 10.2 Å². The number of thiophene rings is 1. The average Bonchev–Trinajstić information content (AvgIpc) is 3.15. The summed E-state index contributed by atoms with van der Waals surface area (Å²) in [7, 11) is 0. The van der Waals surface area contributed by atoms with E-state index < -0.39 is 0 Å². The van der Waals surface area contributed by atoms with Gasteiger partial charge in [0.25, 0.3) is 5.91 Å². The standard InChI is InChI=1S/C16H18N4O2S/c21-15(12-18-16(22)14-2-1-11-23-14)20-9-7-19(8-10-20)13-3-5-17-6-4-13/h1-6,11H,7-10,12H2,(H,18,22)/p+1. The van der Waals surface area contributed by atoms with E-state index in [1.165, 1.54) is 11.3 Å². The molecular formula is C16H19N4O2S+. The lowest BCUT2D eigenvalue weighted by Gasteiger charge is -2.35. The molecule has 0 spiro atoms. The number of nitrogens with zero attached hydrogens (tertiary/aromatic N) is 2. The third-order valence-electron chi connectivity index (χ3n) is 3.84. The number of nitrogens with one attached hydrogen (secondary N) is 2. The van der Waals surface area contributed by atoms with Crippen LogP contribution in [0.1, 0.15) is 9.67 Å². The Bertz CT molecular complexity index is 652. The zero-order valence-electron chi connectivity index (χ0n) is 12.7. The fourth-order valence-electron chi connectivity index (χ4n) is 2.57. The molecule has 0 atom stereocenters. The minimum atomic E-state index is -0.187. The first-order valence-corrected chi connectivity index (χ1v) is 8.42. The summed E-state index contributed by atoms with van der Waals surface area (Å²) in [6.45, 7) is 3.00. The van der Waals surface area contributed by atoms with Gasteiger partial charge in [0.15, 0.2) is 12.4 Å². The molecule has 1 fully saturated rings. The Morgan fingerprint density at radius 3 is 2.52 bits per heavy atom. The molecule has 6 nitrogen and oxygen atoms in total. The second-order valence-electron chi connectivity index (χ2n) is 5.29. The maximum atomic E-state index is 12.2. The maximum Gasteiger partial charge on any atom is 0.261 e. The van der Waals surface area contributed by atoms with E-state index in [1.54, 1.807) is 11.0 Å². The zero-order chi connectivity index (χ0) is 16.1. The van der Waals surface area contributed by atoms with Gasteiger partial charge in [0, 0.05) is 44.0 Å². The molecule has 120 valence electrons. The molecule has 0 saturated carbocycles. The first-order valence-electron chi connectivity index (χ1n) is 7.54. The molecule has 2 N–H and O–H groups in total. The van der Waals surface area contributed by atoms with Crippen LogP contribution >= 0.6 is 11.3 Å². The van der Waals surface area contributed by atoms with Crippen LogP contribution in [0.3, 0.4) is 0 Å². The second kappa shape index (κ2) is 7.23. The van der Waals surface area contributed by atoms with E-state index in [0.717, 1.165) is 18.8 Å². The molecule has 23 heavy (non-hydrogen) atoms. The zero-order valence-corrected chi connectivity index (χ0v) is 13.5. The van der Waals surface area contributed by atoms with Gasteiger partial charge < -0.3 is 15.1 Å². The second-order valence-corrected chi connectivity index (χ2v) is 6.23. The number of aromatic amines is 1. The van der Waals surface area contributed by atoms with Gasteiger partial charge in [-0.05, 0) is 11.4 Å². The van der Waals surface area contributed by atoms with Crippen LogP contribution in [0.2, 0.25) is 0 Å². The number of piperazine rings is 1. The number of carbonyl (C=O) groups excluding carboxylic acids is 2. The van der Waals surface area contributed by atoms with E-state index in [0.29, 0.717) is 18.0 Å². The predicted octanol–water partition coefficient (Wildman–Crippen LogP) is 0.641. The van der Waals surface area contributed by atoms with Crippen LogP contribution in [-0.2, 0) is 4.79 Å². The Morgan fingerprint density at radius 1 is 1.13 bits per heavy atom. The summed E-state index contributed by atoms with van der Waals surface area (Å²) >= 11 is 1.37. The number of hydrogen-bond donors (Lipinski definition) is 1. The van der Waals surface area contributed by atoms with E-state index in [9.17, 15) is 9.59 Å². The Hall–Kier alpha value is -2.41. The molecule has 7 heteroatoms. The normalized spacial score (nSPS) is 14.6. The number of H-pyrrole nitrogens is 1. The van der Waals surface area contributed by atoms with Gasteiger partial charge in [-0.1, -0.05) is 6.07 Å². The number of amides is 2. The monoisotopic (exact) mass is 331 g/mol. The number of pyridine rings is 1. The first-order chi connectivity index (χ1) is 11.2. The minimum absolute atomic E-state index is 0.0315. The van der Waals surface area contributed by atoms with Gasteiger partial charge in [0.2, 0.25) is 5.91 Å². The molecule has 2 amide bonds. The summed E-state index contributed by atoms with van der Waals surface area (Å²) in [6, 6.07) is 7.62. The summed E-state index contributed by atoms with van der Waals surface area (Å²) < 4.78 is 0. The summed E-state index contributed by atoms with van der Waals surface area (Å²) in [5.74, 6) is -0.219. The van der Waals surface area contributed by atoms with E-state index in [2.05, 4.69) is 15.2 Å². The number of carbonyl (C=O) groups is 2. The molecule has 0 unspecified atom stereocenters. The number of anilines is 1. The van der Waals surface area contributed by atoms with Gasteiger partial charge in [-0.2, -0.15) is 0 Å². The fourth-order valence-corrected chi connectivity index (χ4v) is 3.21. The van der Waals surface area contributed by atoms with Gasteiger partial charge >= 0.3 is 0 Å². The first kappa shape index (κ1) is 15.5. The smallest absolute Gasteiger partial charge is 0.261 e. The van der Waals surface area contributed by atoms with Crippen LogP contribution < -0.4 is 15.2 Å². The maximum absolute atomic E-state index is 12.2. The third-order valence-corrected chi connectivity index (χ3v) is 4.71. The molecule has 2 aromatic heterocycles. The van der Waals surface area contributed by atoms with Crippen LogP contribution in [-0.4, -0.2) is 49.4 Å². The molecule has 0 aliphatic carbocycles. The van der Waals surface area contributed by atoms with Crippen molar-refractivity contribution in [2.45, 2.75) is 0 Å². The molecule has 3 heterocycles. The topological polar surface area (TPSA) is 66.8 Å². The molecule has 0 bridgehead atoms. The highest BCUT2D eigenvalue weighted by atomic mass is 32.1. The third kappa shape index (κ3) is 3.87. The van der Waals surface area contributed by atoms with Gasteiger partial charge in [-0.15, -0.1) is 11.3 Å². The SMILES string of the molecule is O=C(NCC(=O)N1CCN(c2cc[nH+]cc2)CC1)c1cccs1. The summed E-state index contributed by atoms with van der Waals surface area (Å²) in [4.78, 5) is 31.7. The van der Waals surface area contributed by atoms with E-state index in [4.69, 9.17) is 0 Å². The summed E-state index contributed by atoms with van der Waals surface area (Å²) in [6.07, 6.45) is 3.79. The highest BCUT2D eigenvalue weighted by Gasteiger charge is 2.21. The van der Waals surface area contributed by atoms with E-state index in [-0.39, 0.29) is 18.4 Å². The molecule has 0 aromatic carbocycles. The molecular weight excluding hydrogens is 312 g/mol. The minimum Gasteiger partial charge on any atom is -0.368 e. The lowest BCUT2D eigenvalue weighted by Crippen LogP contribution is -2.51. The van der Waals surface area contributed by atoms with Crippen molar-refractivity contribution in [1.29, 1.82) is 0 Å². The number of aromatic nitrogens is 1. The number of hydrogen-bond acceptors (Lipinski definition) is 4. The molecule has 0 radical (unpaired) electrons. The van der Waals surface area contributed by atoms with Crippen molar-refractivity contribution in [3.8, 4) is 0 Å². The summed E-state index contributed by atoms with van der Waals surface area (Å²) in [5, 5.41) is 4.53.